The van der Waals surface area contributed by atoms with Crippen molar-refractivity contribution < 1.29 is 19.0 Å². The third kappa shape index (κ3) is 3.71. The lowest BCUT2D eigenvalue weighted by Gasteiger charge is -2.11. The van der Waals surface area contributed by atoms with Crippen molar-refractivity contribution in [3.63, 3.8) is 0 Å². The van der Waals surface area contributed by atoms with Gasteiger partial charge in [-0.25, -0.2) is 0 Å². The Morgan fingerprint density at radius 2 is 1.84 bits per heavy atom. The van der Waals surface area contributed by atoms with Gasteiger partial charge in [-0.15, -0.1) is 0 Å². The van der Waals surface area contributed by atoms with Crippen LogP contribution in [0.25, 0.3) is 0 Å². The Labute approximate surface area is 147 Å². The Morgan fingerprint density at radius 1 is 1.12 bits per heavy atom. The van der Waals surface area contributed by atoms with Crippen LogP contribution in [0.3, 0.4) is 0 Å². The number of carbonyl (C=O) groups excluding carboxylic acids is 1. The lowest BCUT2D eigenvalue weighted by Crippen LogP contribution is -2.28. The largest absolute Gasteiger partial charge is 0.497 e. The molecule has 2 atom stereocenters. The fraction of sp³-hybridized carbons (Fsp3) is 0.350. The number of hydrogen-bond acceptors (Lipinski definition) is 4. The molecule has 1 aliphatic heterocycles. The Hall–Kier alpha value is -2.69. The van der Waals surface area contributed by atoms with Gasteiger partial charge in [0.25, 0.3) is 5.91 Å². The number of carbonyl (C=O) groups is 1. The minimum absolute atomic E-state index is 0.0855. The fourth-order valence-electron chi connectivity index (χ4n) is 2.87. The molecule has 0 spiro atoms. The maximum absolute atomic E-state index is 12.4. The molecule has 0 aromatic heterocycles. The molecule has 1 aliphatic rings. The summed E-state index contributed by atoms with van der Waals surface area (Å²) in [5.74, 6) is 2.37. The van der Waals surface area contributed by atoms with Crippen LogP contribution in [0.4, 0.5) is 0 Å². The average Bonchev–Trinajstić information content (AvgIpc) is 2.93. The third-order valence-corrected chi connectivity index (χ3v) is 4.50. The van der Waals surface area contributed by atoms with Crippen LogP contribution in [-0.4, -0.2) is 32.3 Å². The summed E-state index contributed by atoms with van der Waals surface area (Å²) in [5, 5.41) is 2.88. The second-order valence-electron chi connectivity index (χ2n) is 6.12. The van der Waals surface area contributed by atoms with Gasteiger partial charge >= 0.3 is 0 Å². The molecule has 132 valence electrons. The van der Waals surface area contributed by atoms with Crippen LogP contribution in [0.1, 0.15) is 35.7 Å². The van der Waals surface area contributed by atoms with Crippen molar-refractivity contribution in [1.29, 1.82) is 0 Å². The molecule has 0 radical (unpaired) electrons. The fourth-order valence-corrected chi connectivity index (χ4v) is 2.87. The van der Waals surface area contributed by atoms with E-state index in [1.54, 1.807) is 13.2 Å². The first-order valence-electron chi connectivity index (χ1n) is 8.44. The zero-order valence-corrected chi connectivity index (χ0v) is 14.7. The number of ether oxygens (including phenoxy) is 3. The minimum Gasteiger partial charge on any atom is -0.497 e. The van der Waals surface area contributed by atoms with Crippen molar-refractivity contribution in [2.24, 2.45) is 0 Å². The van der Waals surface area contributed by atoms with E-state index >= 15 is 0 Å². The van der Waals surface area contributed by atoms with Crippen LogP contribution >= 0.6 is 0 Å². The molecule has 0 bridgehead atoms. The molecule has 1 amide bonds. The van der Waals surface area contributed by atoms with Crippen LogP contribution in [0.5, 0.6) is 17.2 Å². The predicted octanol–water partition coefficient (Wildman–Crippen LogP) is 3.39. The number of amides is 1. The Kier molecular flexibility index (Phi) is 5.12. The molecule has 5 heteroatoms. The number of methoxy groups -OCH3 is 1. The number of hydrogen-bond donors (Lipinski definition) is 1. The van der Waals surface area contributed by atoms with Gasteiger partial charge in [-0.2, -0.15) is 0 Å². The van der Waals surface area contributed by atoms with E-state index in [4.69, 9.17) is 14.2 Å². The first kappa shape index (κ1) is 17.1. The summed E-state index contributed by atoms with van der Waals surface area (Å²) in [4.78, 5) is 12.4. The number of nitrogens with one attached hydrogen (secondary N) is 1. The zero-order chi connectivity index (χ0) is 17.8. The van der Waals surface area contributed by atoms with Gasteiger partial charge in [0.2, 0.25) is 0 Å². The van der Waals surface area contributed by atoms with Crippen LogP contribution < -0.4 is 19.5 Å². The summed E-state index contributed by atoms with van der Waals surface area (Å²) < 4.78 is 16.6. The lowest BCUT2D eigenvalue weighted by atomic mass is 9.97. The second-order valence-corrected chi connectivity index (χ2v) is 6.12. The number of para-hydroxylation sites is 1. The first-order valence-corrected chi connectivity index (χ1v) is 8.44. The monoisotopic (exact) mass is 341 g/mol. The molecule has 0 fully saturated rings. The SMILES string of the molecule is COc1ccc(OCCNC(=O)c2cccc3c2O[C@@H](C)[C@@H]3C)cc1. The van der Waals surface area contributed by atoms with Crippen LogP contribution in [0, 0.1) is 0 Å². The van der Waals surface area contributed by atoms with Crippen molar-refractivity contribution in [2.45, 2.75) is 25.9 Å². The number of rotatable bonds is 6. The molecule has 2 aromatic rings. The summed E-state index contributed by atoms with van der Waals surface area (Å²) in [6.07, 6.45) is 0.0855. The van der Waals surface area contributed by atoms with E-state index in [-0.39, 0.29) is 12.0 Å². The van der Waals surface area contributed by atoms with Gasteiger partial charge in [0.05, 0.1) is 19.2 Å². The van der Waals surface area contributed by atoms with Gasteiger partial charge in [0.1, 0.15) is 30.0 Å². The van der Waals surface area contributed by atoms with Crippen molar-refractivity contribution in [3.8, 4) is 17.2 Å². The highest BCUT2D eigenvalue weighted by atomic mass is 16.5. The van der Waals surface area contributed by atoms with E-state index in [2.05, 4.69) is 12.2 Å². The smallest absolute Gasteiger partial charge is 0.255 e. The quantitative estimate of drug-likeness (QED) is 0.818. The number of benzene rings is 2. The van der Waals surface area contributed by atoms with Gasteiger partial charge in [0.15, 0.2) is 0 Å². The highest BCUT2D eigenvalue weighted by Gasteiger charge is 2.30. The molecule has 0 unspecified atom stereocenters. The summed E-state index contributed by atoms with van der Waals surface area (Å²) >= 11 is 0. The van der Waals surface area contributed by atoms with Crippen molar-refractivity contribution in [1.82, 2.24) is 5.32 Å². The molecule has 25 heavy (non-hydrogen) atoms. The highest BCUT2D eigenvalue weighted by molar-refractivity contribution is 5.97. The molecule has 2 aromatic carbocycles. The molecule has 1 N–H and O–H groups in total. The van der Waals surface area contributed by atoms with Gasteiger partial charge < -0.3 is 19.5 Å². The first-order chi connectivity index (χ1) is 12.1. The summed E-state index contributed by atoms with van der Waals surface area (Å²) in [6, 6.07) is 13.1. The molecule has 3 rings (SSSR count). The summed E-state index contributed by atoms with van der Waals surface area (Å²) in [6.45, 7) is 4.94. The topological polar surface area (TPSA) is 56.8 Å². The van der Waals surface area contributed by atoms with Gasteiger partial charge in [-0.3, -0.25) is 4.79 Å². The van der Waals surface area contributed by atoms with Gasteiger partial charge in [-0.1, -0.05) is 19.1 Å². The molecular formula is C20H23NO4. The van der Waals surface area contributed by atoms with Crippen molar-refractivity contribution >= 4 is 5.91 Å². The normalized spacial score (nSPS) is 18.2. The van der Waals surface area contributed by atoms with E-state index in [1.807, 2.05) is 43.3 Å². The lowest BCUT2D eigenvalue weighted by molar-refractivity contribution is 0.0942. The van der Waals surface area contributed by atoms with Gasteiger partial charge in [0, 0.05) is 11.5 Å². The van der Waals surface area contributed by atoms with E-state index < -0.39 is 0 Å². The zero-order valence-electron chi connectivity index (χ0n) is 14.7. The highest BCUT2D eigenvalue weighted by Crippen LogP contribution is 2.40. The Bertz CT molecular complexity index is 742. The molecule has 0 aliphatic carbocycles. The Morgan fingerprint density at radius 3 is 2.56 bits per heavy atom. The molecule has 0 saturated carbocycles. The van der Waals surface area contributed by atoms with Crippen molar-refractivity contribution in [2.75, 3.05) is 20.3 Å². The van der Waals surface area contributed by atoms with Gasteiger partial charge in [-0.05, 0) is 37.3 Å². The maximum atomic E-state index is 12.4. The molecule has 1 heterocycles. The van der Waals surface area contributed by atoms with Crippen molar-refractivity contribution in [3.05, 3.63) is 53.6 Å². The van der Waals surface area contributed by atoms with E-state index in [9.17, 15) is 4.79 Å². The number of fused-ring (bicyclic) bond motifs is 1. The van der Waals surface area contributed by atoms with Crippen LogP contribution in [-0.2, 0) is 0 Å². The van der Waals surface area contributed by atoms with Crippen LogP contribution in [0.2, 0.25) is 0 Å². The second kappa shape index (κ2) is 7.47. The summed E-state index contributed by atoms with van der Waals surface area (Å²) in [5.41, 5.74) is 1.67. The Balaban J connectivity index is 1.53. The van der Waals surface area contributed by atoms with E-state index in [1.165, 1.54) is 0 Å². The average molecular weight is 341 g/mol. The maximum Gasteiger partial charge on any atom is 0.255 e. The van der Waals surface area contributed by atoms with Crippen LogP contribution in [0.15, 0.2) is 42.5 Å². The standard InChI is InChI=1S/C20H23NO4/c1-13-14(2)25-19-17(13)5-4-6-18(19)20(22)21-11-12-24-16-9-7-15(23-3)8-10-16/h4-10,13-14H,11-12H2,1-3H3,(H,21,22)/t13-,14-/m0/s1. The van der Waals surface area contributed by atoms with E-state index in [0.29, 0.717) is 30.4 Å². The minimum atomic E-state index is -0.142. The predicted molar refractivity (Wildman–Crippen MR) is 95.8 cm³/mol. The summed E-state index contributed by atoms with van der Waals surface area (Å²) in [7, 11) is 1.62. The molecule has 5 nitrogen and oxygen atoms in total. The van der Waals surface area contributed by atoms with E-state index in [0.717, 1.165) is 17.1 Å². The third-order valence-electron chi connectivity index (χ3n) is 4.50. The molecule has 0 saturated heterocycles. The molecular weight excluding hydrogens is 318 g/mol.